The molecule has 226 valence electrons. The number of nitrogens with two attached hydrogens (primary N) is 2. The Labute approximate surface area is 248 Å². The zero-order chi connectivity index (χ0) is 31.4. The molecule has 0 fully saturated rings. The van der Waals surface area contributed by atoms with E-state index >= 15 is 0 Å². The van der Waals surface area contributed by atoms with E-state index in [1.54, 1.807) is 30.3 Å². The van der Waals surface area contributed by atoms with Gasteiger partial charge in [-0.25, -0.2) is 4.79 Å². The van der Waals surface area contributed by atoms with E-state index in [4.69, 9.17) is 11.5 Å². The van der Waals surface area contributed by atoms with Crippen LogP contribution in [-0.4, -0.2) is 64.0 Å². The van der Waals surface area contributed by atoms with E-state index < -0.39 is 60.2 Å². The van der Waals surface area contributed by atoms with E-state index in [0.29, 0.717) is 5.56 Å². The Morgan fingerprint density at radius 3 is 1.49 bits per heavy atom. The lowest BCUT2D eigenvalue weighted by molar-refractivity contribution is -0.143. The largest absolute Gasteiger partial charge is 0.508 e. The number of carboxylic acids is 1. The molecule has 0 spiro atoms. The highest BCUT2D eigenvalue weighted by molar-refractivity contribution is 5.95. The van der Waals surface area contributed by atoms with Crippen molar-refractivity contribution in [3.63, 3.8) is 0 Å². The van der Waals surface area contributed by atoms with Crippen molar-refractivity contribution < 1.29 is 34.2 Å². The zero-order valence-corrected chi connectivity index (χ0v) is 23.3. The van der Waals surface area contributed by atoms with E-state index in [9.17, 15) is 34.2 Å². The van der Waals surface area contributed by atoms with Crippen LogP contribution in [0.3, 0.4) is 0 Å². The molecule has 4 atom stereocenters. The molecule has 0 radical (unpaired) electrons. The number of aromatic hydroxyl groups is 1. The number of carbonyl (C=O) groups excluding carboxylic acids is 4. The first-order valence-corrected chi connectivity index (χ1v) is 13.6. The van der Waals surface area contributed by atoms with Crippen LogP contribution < -0.4 is 27.4 Å². The summed E-state index contributed by atoms with van der Waals surface area (Å²) in [5.41, 5.74) is 13.4. The molecule has 3 rings (SSSR count). The first-order valence-electron chi connectivity index (χ1n) is 13.6. The van der Waals surface area contributed by atoms with Crippen LogP contribution in [0.15, 0.2) is 84.9 Å². The van der Waals surface area contributed by atoms with Gasteiger partial charge in [-0.15, -0.1) is 0 Å². The molecule has 43 heavy (non-hydrogen) atoms. The molecule has 9 N–H and O–H groups in total. The lowest BCUT2D eigenvalue weighted by Crippen LogP contribution is -2.58. The average Bonchev–Trinajstić information content (AvgIpc) is 2.97. The predicted molar refractivity (Wildman–Crippen MR) is 157 cm³/mol. The molecule has 0 aliphatic heterocycles. The second-order valence-corrected chi connectivity index (χ2v) is 10.0. The lowest BCUT2D eigenvalue weighted by atomic mass is 10.0. The van der Waals surface area contributed by atoms with Crippen LogP contribution in [-0.2, 0) is 43.2 Å². The fourth-order valence-electron chi connectivity index (χ4n) is 4.32. The van der Waals surface area contributed by atoms with Gasteiger partial charge in [-0.1, -0.05) is 72.8 Å². The van der Waals surface area contributed by atoms with Gasteiger partial charge in [0, 0.05) is 12.8 Å². The third-order valence-electron chi connectivity index (χ3n) is 6.58. The Morgan fingerprint density at radius 1 is 0.605 bits per heavy atom. The molecule has 0 aliphatic rings. The molecule has 4 amide bonds. The summed E-state index contributed by atoms with van der Waals surface area (Å²) in [6.45, 7) is 0. The number of hydrogen-bond acceptors (Lipinski definition) is 7. The molecule has 0 bridgehead atoms. The van der Waals surface area contributed by atoms with Crippen molar-refractivity contribution in [3.05, 3.63) is 102 Å². The van der Waals surface area contributed by atoms with E-state index in [0.717, 1.165) is 11.1 Å². The van der Waals surface area contributed by atoms with E-state index in [2.05, 4.69) is 16.0 Å². The third kappa shape index (κ3) is 10.6. The number of primary amides is 1. The molecule has 4 unspecified atom stereocenters. The van der Waals surface area contributed by atoms with Gasteiger partial charge in [-0.2, -0.15) is 0 Å². The molecule has 12 nitrogen and oxygen atoms in total. The van der Waals surface area contributed by atoms with Crippen molar-refractivity contribution in [2.75, 3.05) is 0 Å². The van der Waals surface area contributed by atoms with Crippen LogP contribution in [0, 0.1) is 0 Å². The van der Waals surface area contributed by atoms with Crippen molar-refractivity contribution in [1.82, 2.24) is 16.0 Å². The fourth-order valence-corrected chi connectivity index (χ4v) is 4.32. The summed E-state index contributed by atoms with van der Waals surface area (Å²) >= 11 is 0. The average molecular weight is 590 g/mol. The highest BCUT2D eigenvalue weighted by atomic mass is 16.4. The van der Waals surface area contributed by atoms with Gasteiger partial charge < -0.3 is 37.6 Å². The molecule has 0 heterocycles. The van der Waals surface area contributed by atoms with Crippen molar-refractivity contribution >= 4 is 29.6 Å². The molecule has 0 saturated carbocycles. The Balaban J connectivity index is 1.84. The predicted octanol–water partition coefficient (Wildman–Crippen LogP) is 0.162. The summed E-state index contributed by atoms with van der Waals surface area (Å²) in [4.78, 5) is 63.0. The molecule has 0 aliphatic carbocycles. The van der Waals surface area contributed by atoms with E-state index in [1.807, 2.05) is 30.3 Å². The van der Waals surface area contributed by atoms with Crippen molar-refractivity contribution in [2.45, 2.75) is 49.9 Å². The van der Waals surface area contributed by atoms with Crippen LogP contribution in [0.2, 0.25) is 0 Å². The summed E-state index contributed by atoms with van der Waals surface area (Å²) in [6.07, 6.45) is -0.453. The number of aliphatic carboxylic acids is 1. The Kier molecular flexibility index (Phi) is 11.8. The van der Waals surface area contributed by atoms with Gasteiger partial charge in [-0.3, -0.25) is 19.2 Å². The second kappa shape index (κ2) is 15.7. The summed E-state index contributed by atoms with van der Waals surface area (Å²) in [5, 5.41) is 26.7. The highest BCUT2D eigenvalue weighted by Gasteiger charge is 2.31. The van der Waals surface area contributed by atoms with Gasteiger partial charge in [0.2, 0.25) is 23.6 Å². The number of phenols is 1. The van der Waals surface area contributed by atoms with Crippen molar-refractivity contribution in [1.29, 1.82) is 0 Å². The van der Waals surface area contributed by atoms with Crippen molar-refractivity contribution in [3.8, 4) is 5.75 Å². The molecule has 3 aromatic rings. The summed E-state index contributed by atoms with van der Waals surface area (Å²) in [6, 6.07) is 18.9. The minimum absolute atomic E-state index is 0.0151. The van der Waals surface area contributed by atoms with Gasteiger partial charge in [0.15, 0.2) is 0 Å². The monoisotopic (exact) mass is 589 g/mol. The van der Waals surface area contributed by atoms with Crippen LogP contribution in [0.1, 0.15) is 23.1 Å². The first-order chi connectivity index (χ1) is 20.5. The lowest BCUT2D eigenvalue weighted by Gasteiger charge is -2.25. The van der Waals surface area contributed by atoms with Gasteiger partial charge in [0.25, 0.3) is 0 Å². The first kappa shape index (κ1) is 32.3. The number of carbonyl (C=O) groups is 5. The van der Waals surface area contributed by atoms with Crippen LogP contribution in [0.4, 0.5) is 0 Å². The zero-order valence-electron chi connectivity index (χ0n) is 23.3. The Hall–Kier alpha value is -5.23. The molecular formula is C31H35N5O7. The quantitative estimate of drug-likeness (QED) is 0.129. The second-order valence-electron chi connectivity index (χ2n) is 10.0. The number of hydrogen-bond donors (Lipinski definition) is 7. The van der Waals surface area contributed by atoms with Gasteiger partial charge in [-0.05, 0) is 35.2 Å². The number of nitrogens with one attached hydrogen (secondary N) is 3. The summed E-state index contributed by atoms with van der Waals surface area (Å²) < 4.78 is 0. The van der Waals surface area contributed by atoms with Crippen molar-refractivity contribution in [2.24, 2.45) is 11.5 Å². The van der Waals surface area contributed by atoms with Gasteiger partial charge in [0.05, 0.1) is 12.5 Å². The van der Waals surface area contributed by atoms with Crippen LogP contribution >= 0.6 is 0 Å². The highest BCUT2D eigenvalue weighted by Crippen LogP contribution is 2.13. The number of phenolic OH excluding ortho intramolecular Hbond substituents is 1. The topological polar surface area (TPSA) is 214 Å². The number of carboxylic acid groups (broad SMARTS) is 1. The molecule has 3 aromatic carbocycles. The van der Waals surface area contributed by atoms with E-state index in [-0.39, 0.29) is 25.0 Å². The van der Waals surface area contributed by atoms with Crippen LogP contribution in [0.25, 0.3) is 0 Å². The summed E-state index contributed by atoms with van der Waals surface area (Å²) in [7, 11) is 0. The maximum absolute atomic E-state index is 13.6. The Bertz CT molecular complexity index is 1400. The molecule has 12 heteroatoms. The molecule has 0 saturated heterocycles. The van der Waals surface area contributed by atoms with Gasteiger partial charge in [0.1, 0.15) is 23.9 Å². The smallest absolute Gasteiger partial charge is 0.326 e. The fraction of sp³-hybridized carbons (Fsp3) is 0.258. The third-order valence-corrected chi connectivity index (χ3v) is 6.58. The Morgan fingerprint density at radius 2 is 1.02 bits per heavy atom. The molecule has 0 aromatic heterocycles. The maximum Gasteiger partial charge on any atom is 0.326 e. The number of rotatable bonds is 15. The normalized spacial score (nSPS) is 13.5. The maximum atomic E-state index is 13.6. The van der Waals surface area contributed by atoms with Gasteiger partial charge >= 0.3 is 5.97 Å². The van der Waals surface area contributed by atoms with Crippen LogP contribution in [0.5, 0.6) is 5.75 Å². The number of benzene rings is 3. The minimum Gasteiger partial charge on any atom is -0.508 e. The summed E-state index contributed by atoms with van der Waals surface area (Å²) in [5.74, 6) is -4.62. The standard InChI is InChI=1S/C31H35N5O7/c32-23(15-19-7-3-1-4-8-19)28(39)34-24(16-20-9-5-2-6-10-20)29(40)35-25(17-21-11-13-22(37)14-12-21)30(41)36-26(31(42)43)18-27(33)38/h1-14,23-26,37H,15-18,32H2,(H2,33,38)(H,34,39)(H,35,40)(H,36,41)(H,42,43). The number of amides is 4. The molecular weight excluding hydrogens is 554 g/mol. The SMILES string of the molecule is NC(=O)CC(NC(=O)C(Cc1ccc(O)cc1)NC(=O)C(Cc1ccccc1)NC(=O)C(N)Cc1ccccc1)C(=O)O. The minimum atomic E-state index is -1.62. The van der Waals surface area contributed by atoms with E-state index in [1.165, 1.54) is 24.3 Å².